The molecule has 0 amide bonds. The summed E-state index contributed by atoms with van der Waals surface area (Å²) in [6.07, 6.45) is 0.648. The molecule has 13 nitrogen and oxygen atoms in total. The molecular formula is C25H21BrN4O9S. The average molecular weight is 633 g/mol. The van der Waals surface area contributed by atoms with Crippen LogP contribution >= 0.6 is 27.3 Å². The number of ether oxygens (including phenoxy) is 2. The minimum Gasteiger partial charge on any atom is -0.502 e. The molecule has 0 saturated carbocycles. The molecule has 0 fully saturated rings. The van der Waals surface area contributed by atoms with Gasteiger partial charge in [-0.3, -0.25) is 29.6 Å². The van der Waals surface area contributed by atoms with Crippen molar-refractivity contribution in [3.05, 3.63) is 97.1 Å². The van der Waals surface area contributed by atoms with Crippen molar-refractivity contribution in [2.45, 2.75) is 32.9 Å². The van der Waals surface area contributed by atoms with Crippen LogP contribution in [0, 0.1) is 20.2 Å². The lowest BCUT2D eigenvalue weighted by molar-refractivity contribution is -0.394. The summed E-state index contributed by atoms with van der Waals surface area (Å²) in [5, 5.41) is 33.2. The smallest absolute Gasteiger partial charge is 0.338 e. The van der Waals surface area contributed by atoms with E-state index in [0.29, 0.717) is 27.5 Å². The number of aromatic nitrogens is 1. The van der Waals surface area contributed by atoms with Crippen molar-refractivity contribution in [1.82, 2.24) is 4.57 Å². The number of phenols is 1. The standard InChI is InChI=1S/C25H21BrN4O9S/c1-11(2)39-24(33)20-12(3)27-25-28(21(20)16-9-14(26)5-6-18(16)38-4)23(32)19(40-25)8-13-7-15(29(34)35)10-17(22(13)31)30(36)37/h5-11,21,31H,1-4H3/b19-8-/t21-/m1/s1. The number of non-ortho nitro benzene ring substituents is 1. The Morgan fingerprint density at radius 1 is 1.23 bits per heavy atom. The first kappa shape index (κ1) is 28.6. The summed E-state index contributed by atoms with van der Waals surface area (Å²) in [5.74, 6) is -1.16. The number of carbonyl (C=O) groups excluding carboxylic acids is 1. The second-order valence-corrected chi connectivity index (χ2v) is 10.8. The second kappa shape index (κ2) is 11.0. The Balaban J connectivity index is 2.05. The van der Waals surface area contributed by atoms with Crippen LogP contribution in [0.15, 0.2) is 55.9 Å². The lowest BCUT2D eigenvalue weighted by atomic mass is 9.95. The molecule has 15 heteroatoms. The normalized spacial score (nSPS) is 15.1. The van der Waals surface area contributed by atoms with E-state index < -0.39 is 50.6 Å². The van der Waals surface area contributed by atoms with Crippen LogP contribution in [0.2, 0.25) is 0 Å². The Labute approximate surface area is 237 Å². The molecule has 3 aromatic rings. The van der Waals surface area contributed by atoms with E-state index in [-0.39, 0.29) is 20.5 Å². The van der Waals surface area contributed by atoms with Crippen molar-refractivity contribution in [3.8, 4) is 11.5 Å². The molecular weight excluding hydrogens is 612 g/mol. The van der Waals surface area contributed by atoms with E-state index in [2.05, 4.69) is 20.9 Å². The van der Waals surface area contributed by atoms with Crippen molar-refractivity contribution in [2.24, 2.45) is 4.99 Å². The van der Waals surface area contributed by atoms with Crippen molar-refractivity contribution >= 4 is 50.7 Å². The molecule has 0 unspecified atom stereocenters. The highest BCUT2D eigenvalue weighted by atomic mass is 79.9. The van der Waals surface area contributed by atoms with Gasteiger partial charge in [-0.15, -0.1) is 0 Å². The van der Waals surface area contributed by atoms with E-state index in [1.807, 2.05) is 0 Å². The topological polar surface area (TPSA) is 176 Å². The molecule has 0 spiro atoms. The first-order valence-corrected chi connectivity index (χ1v) is 13.2. The molecule has 2 heterocycles. The number of nitrogens with zero attached hydrogens (tertiary/aromatic N) is 4. The lowest BCUT2D eigenvalue weighted by Gasteiger charge is -2.26. The highest BCUT2D eigenvalue weighted by molar-refractivity contribution is 9.10. The lowest BCUT2D eigenvalue weighted by Crippen LogP contribution is -2.40. The molecule has 1 aliphatic heterocycles. The van der Waals surface area contributed by atoms with Gasteiger partial charge in [0.05, 0.1) is 44.9 Å². The Hall–Kier alpha value is -4.37. The predicted octanol–water partition coefficient (Wildman–Crippen LogP) is 3.48. The minimum atomic E-state index is -1.04. The summed E-state index contributed by atoms with van der Waals surface area (Å²) in [5.41, 5.74) is -1.67. The summed E-state index contributed by atoms with van der Waals surface area (Å²) < 4.78 is 12.9. The molecule has 4 rings (SSSR count). The number of thiazole rings is 1. The van der Waals surface area contributed by atoms with E-state index in [4.69, 9.17) is 9.47 Å². The number of phenolic OH excluding ortho intramolecular Hbond substituents is 1. The molecule has 0 saturated heterocycles. The molecule has 1 N–H and O–H groups in total. The molecule has 1 aliphatic rings. The number of benzene rings is 2. The van der Waals surface area contributed by atoms with Gasteiger partial charge in [-0.1, -0.05) is 27.3 Å². The van der Waals surface area contributed by atoms with Gasteiger partial charge in [-0.25, -0.2) is 9.79 Å². The summed E-state index contributed by atoms with van der Waals surface area (Å²) in [6, 6.07) is 5.60. The molecule has 0 radical (unpaired) electrons. The number of hydrogen-bond acceptors (Lipinski definition) is 11. The van der Waals surface area contributed by atoms with E-state index in [0.717, 1.165) is 23.5 Å². The fourth-order valence-corrected chi connectivity index (χ4v) is 5.61. The quantitative estimate of drug-likeness (QED) is 0.232. The summed E-state index contributed by atoms with van der Waals surface area (Å²) in [6.45, 7) is 4.96. The molecule has 0 aliphatic carbocycles. The maximum atomic E-state index is 13.8. The third kappa shape index (κ3) is 5.24. The van der Waals surface area contributed by atoms with Gasteiger partial charge in [0.2, 0.25) is 5.75 Å². The minimum absolute atomic E-state index is 0.0471. The molecule has 0 bridgehead atoms. The fourth-order valence-electron chi connectivity index (χ4n) is 4.19. The van der Waals surface area contributed by atoms with Crippen LogP contribution in [0.5, 0.6) is 11.5 Å². The number of carbonyl (C=O) groups is 1. The summed E-state index contributed by atoms with van der Waals surface area (Å²) in [4.78, 5) is 52.7. The zero-order valence-corrected chi connectivity index (χ0v) is 23.8. The number of esters is 1. The zero-order chi connectivity index (χ0) is 29.5. The van der Waals surface area contributed by atoms with E-state index in [1.165, 1.54) is 11.7 Å². The van der Waals surface area contributed by atoms with Crippen LogP contribution < -0.4 is 19.6 Å². The third-order valence-electron chi connectivity index (χ3n) is 5.87. The Kier molecular flexibility index (Phi) is 7.88. The molecule has 40 heavy (non-hydrogen) atoms. The fraction of sp³-hybridized carbons (Fsp3) is 0.240. The molecule has 2 aromatic carbocycles. The Morgan fingerprint density at radius 2 is 1.93 bits per heavy atom. The SMILES string of the molecule is COc1ccc(Br)cc1[C@@H]1C(C(=O)OC(C)C)=C(C)N=c2s/c(=C\c3cc([N+](=O)[O-])cc([N+](=O)[O-])c3O)c(=O)n21. The van der Waals surface area contributed by atoms with Gasteiger partial charge in [-0.05, 0) is 45.0 Å². The van der Waals surface area contributed by atoms with Gasteiger partial charge < -0.3 is 14.6 Å². The van der Waals surface area contributed by atoms with Gasteiger partial charge in [-0.2, -0.15) is 0 Å². The van der Waals surface area contributed by atoms with Crippen molar-refractivity contribution in [2.75, 3.05) is 7.11 Å². The molecule has 1 aromatic heterocycles. The van der Waals surface area contributed by atoms with E-state index >= 15 is 0 Å². The number of rotatable bonds is 7. The highest BCUT2D eigenvalue weighted by Gasteiger charge is 2.36. The van der Waals surface area contributed by atoms with E-state index in [9.17, 15) is 34.9 Å². The van der Waals surface area contributed by atoms with Crippen molar-refractivity contribution < 1.29 is 29.2 Å². The zero-order valence-electron chi connectivity index (χ0n) is 21.4. The third-order valence-corrected chi connectivity index (χ3v) is 7.35. The number of hydrogen-bond donors (Lipinski definition) is 1. The van der Waals surface area contributed by atoms with Crippen molar-refractivity contribution in [3.63, 3.8) is 0 Å². The van der Waals surface area contributed by atoms with Crippen LogP contribution in [-0.4, -0.2) is 38.7 Å². The van der Waals surface area contributed by atoms with Crippen LogP contribution in [0.4, 0.5) is 11.4 Å². The van der Waals surface area contributed by atoms with Gasteiger partial charge in [0.15, 0.2) is 4.80 Å². The first-order chi connectivity index (χ1) is 18.8. The van der Waals surface area contributed by atoms with Gasteiger partial charge in [0, 0.05) is 21.7 Å². The largest absolute Gasteiger partial charge is 0.502 e. The van der Waals surface area contributed by atoms with Crippen LogP contribution in [0.3, 0.4) is 0 Å². The number of aromatic hydroxyl groups is 1. The van der Waals surface area contributed by atoms with E-state index in [1.54, 1.807) is 39.0 Å². The van der Waals surface area contributed by atoms with Crippen LogP contribution in [-0.2, 0) is 9.53 Å². The number of halogens is 1. The monoisotopic (exact) mass is 632 g/mol. The Bertz CT molecular complexity index is 1790. The number of nitro groups is 2. The number of allylic oxidation sites excluding steroid dienone is 1. The summed E-state index contributed by atoms with van der Waals surface area (Å²) >= 11 is 4.30. The average Bonchev–Trinajstić information content (AvgIpc) is 3.17. The number of nitro benzene ring substituents is 2. The highest BCUT2D eigenvalue weighted by Crippen LogP contribution is 2.38. The van der Waals surface area contributed by atoms with Crippen LogP contribution in [0.25, 0.3) is 6.08 Å². The molecule has 208 valence electrons. The molecule has 1 atom stereocenters. The van der Waals surface area contributed by atoms with Gasteiger partial charge in [0.1, 0.15) is 11.8 Å². The Morgan fingerprint density at radius 3 is 2.52 bits per heavy atom. The maximum Gasteiger partial charge on any atom is 0.338 e. The number of fused-ring (bicyclic) bond motifs is 1. The van der Waals surface area contributed by atoms with Crippen LogP contribution in [0.1, 0.15) is 37.9 Å². The maximum absolute atomic E-state index is 13.8. The van der Waals surface area contributed by atoms with Gasteiger partial charge >= 0.3 is 11.7 Å². The number of methoxy groups -OCH3 is 1. The first-order valence-electron chi connectivity index (χ1n) is 11.6. The second-order valence-electron chi connectivity index (χ2n) is 8.84. The van der Waals surface area contributed by atoms with Crippen molar-refractivity contribution in [1.29, 1.82) is 0 Å². The predicted molar refractivity (Wildman–Crippen MR) is 147 cm³/mol. The summed E-state index contributed by atoms with van der Waals surface area (Å²) in [7, 11) is 1.44. The van der Waals surface area contributed by atoms with Gasteiger partial charge in [0.25, 0.3) is 11.2 Å².